The average molecular weight is 396 g/mol. The fourth-order valence-corrected chi connectivity index (χ4v) is 2.71. The van der Waals surface area contributed by atoms with E-state index in [-0.39, 0.29) is 22.4 Å². The lowest BCUT2D eigenvalue weighted by molar-refractivity contribution is -0.115. The fourth-order valence-electron chi connectivity index (χ4n) is 2.48. The monoisotopic (exact) mass is 396 g/mol. The number of aromatic nitrogens is 1. The molecule has 0 saturated heterocycles. The minimum Gasteiger partial charge on any atom is -0.457 e. The first-order valence-corrected chi connectivity index (χ1v) is 8.65. The summed E-state index contributed by atoms with van der Waals surface area (Å²) in [7, 11) is 0. The molecule has 1 aromatic carbocycles. The molecular weight excluding hydrogens is 379 g/mol. The Labute approximate surface area is 166 Å². The molecule has 0 unspecified atom stereocenters. The van der Waals surface area contributed by atoms with Crippen molar-refractivity contribution in [3.8, 4) is 22.6 Å². The van der Waals surface area contributed by atoms with Gasteiger partial charge in [-0.2, -0.15) is 0 Å². The van der Waals surface area contributed by atoms with Gasteiger partial charge in [-0.1, -0.05) is 18.2 Å². The summed E-state index contributed by atoms with van der Waals surface area (Å²) in [5, 5.41) is -0.234. The molecule has 0 saturated carbocycles. The Balaban J connectivity index is 0.000000311. The number of hydrogen-bond donors (Lipinski definition) is 2. The summed E-state index contributed by atoms with van der Waals surface area (Å²) in [6, 6.07) is 15.5. The third kappa shape index (κ3) is 4.60. The second kappa shape index (κ2) is 8.01. The number of ether oxygens (including phenoxy) is 1. The van der Waals surface area contributed by atoms with Gasteiger partial charge in [-0.3, -0.25) is 9.69 Å². The molecule has 28 heavy (non-hydrogen) atoms. The number of nitrogens with two attached hydrogens (primary N) is 2. The summed E-state index contributed by atoms with van der Waals surface area (Å²) in [6.07, 6.45) is 1.47. The van der Waals surface area contributed by atoms with E-state index in [1.165, 1.54) is 42.4 Å². The van der Waals surface area contributed by atoms with Gasteiger partial charge < -0.3 is 16.2 Å². The number of benzene rings is 2. The largest absolute Gasteiger partial charge is 0.457 e. The van der Waals surface area contributed by atoms with E-state index in [0.717, 1.165) is 11.0 Å². The zero-order valence-corrected chi connectivity index (χ0v) is 15.7. The topological polar surface area (TPSA) is 94.5 Å². The van der Waals surface area contributed by atoms with Crippen LogP contribution in [0.3, 0.4) is 0 Å². The molecule has 1 aromatic heterocycles. The quantitative estimate of drug-likeness (QED) is 0.511. The smallest absolute Gasteiger partial charge is 0.230 e. The van der Waals surface area contributed by atoms with Crippen molar-refractivity contribution in [2.24, 2.45) is 5.73 Å². The molecular formula is C20H17FN4O2S. The molecule has 1 heterocycles. The van der Waals surface area contributed by atoms with Crippen LogP contribution in [0.4, 0.5) is 15.9 Å². The number of rotatable bonds is 3. The standard InChI is InChI=1S/C14H13FN4O2S.C6H4/c1-8(20)19(14(17)22)12-3-2-9(6-11(12)15)21-10-4-5-18-13(16)7-10;1-2-5-4-6(5)3-1/h2-7H,1H3,(H2,16,18)(H2,17,22);1-4H. The molecule has 0 spiro atoms. The first-order chi connectivity index (χ1) is 13.3. The van der Waals surface area contributed by atoms with Crippen LogP contribution in [0.1, 0.15) is 6.92 Å². The molecule has 6 nitrogen and oxygen atoms in total. The molecule has 0 bridgehead atoms. The zero-order chi connectivity index (χ0) is 20.3. The van der Waals surface area contributed by atoms with Crippen molar-refractivity contribution < 1.29 is 13.9 Å². The van der Waals surface area contributed by atoms with Crippen molar-refractivity contribution in [1.82, 2.24) is 4.98 Å². The normalized spacial score (nSPS) is 10.4. The van der Waals surface area contributed by atoms with Crippen molar-refractivity contribution in [2.45, 2.75) is 6.92 Å². The maximum Gasteiger partial charge on any atom is 0.230 e. The van der Waals surface area contributed by atoms with E-state index in [0.29, 0.717) is 5.75 Å². The molecule has 0 radical (unpaired) electrons. The lowest BCUT2D eigenvalue weighted by Gasteiger charge is -2.20. The highest BCUT2D eigenvalue weighted by Gasteiger charge is 2.19. The molecule has 8 heteroatoms. The van der Waals surface area contributed by atoms with E-state index in [1.807, 2.05) is 0 Å². The highest BCUT2D eigenvalue weighted by Crippen LogP contribution is 2.32. The van der Waals surface area contributed by atoms with Gasteiger partial charge in [0.05, 0.1) is 5.69 Å². The Morgan fingerprint density at radius 3 is 2.25 bits per heavy atom. The molecule has 1 amide bonds. The number of halogens is 1. The predicted molar refractivity (Wildman–Crippen MR) is 111 cm³/mol. The highest BCUT2D eigenvalue weighted by atomic mass is 32.1. The van der Waals surface area contributed by atoms with Gasteiger partial charge in [0, 0.05) is 25.3 Å². The third-order valence-corrected chi connectivity index (χ3v) is 3.98. The summed E-state index contributed by atoms with van der Waals surface area (Å²) in [5.41, 5.74) is 13.8. The van der Waals surface area contributed by atoms with E-state index in [1.54, 1.807) is 6.07 Å². The van der Waals surface area contributed by atoms with Gasteiger partial charge in [0.2, 0.25) is 5.91 Å². The lowest BCUT2D eigenvalue weighted by Crippen LogP contribution is -2.39. The van der Waals surface area contributed by atoms with Gasteiger partial charge in [-0.05, 0) is 47.6 Å². The Kier molecular flexibility index (Phi) is 5.51. The van der Waals surface area contributed by atoms with Gasteiger partial charge >= 0.3 is 0 Å². The van der Waals surface area contributed by atoms with Crippen LogP contribution in [0.15, 0.2) is 60.8 Å². The van der Waals surface area contributed by atoms with Crippen LogP contribution >= 0.6 is 12.2 Å². The number of thiocarbonyl (C=S) groups is 1. The maximum atomic E-state index is 14.2. The number of carbonyl (C=O) groups excluding carboxylic acids is 1. The fraction of sp³-hybridized carbons (Fsp3) is 0.0500. The molecule has 0 atom stereocenters. The van der Waals surface area contributed by atoms with E-state index in [4.69, 9.17) is 28.4 Å². The van der Waals surface area contributed by atoms with E-state index in [2.05, 4.69) is 29.2 Å². The van der Waals surface area contributed by atoms with Crippen LogP contribution in [0.25, 0.3) is 11.1 Å². The minimum absolute atomic E-state index is 0.0402. The lowest BCUT2D eigenvalue weighted by atomic mass is 10.2. The van der Waals surface area contributed by atoms with Crippen molar-refractivity contribution in [3.05, 3.63) is 66.6 Å². The number of nitrogens with zero attached hydrogens (tertiary/aromatic N) is 2. The van der Waals surface area contributed by atoms with Gasteiger partial charge in [-0.25, -0.2) is 9.37 Å². The minimum atomic E-state index is -0.692. The van der Waals surface area contributed by atoms with Crippen molar-refractivity contribution in [2.75, 3.05) is 10.6 Å². The number of fused-ring (bicyclic) bond motifs is 1. The number of pyridine rings is 1. The zero-order valence-electron chi connectivity index (χ0n) is 14.9. The first-order valence-electron chi connectivity index (χ1n) is 8.24. The highest BCUT2D eigenvalue weighted by molar-refractivity contribution is 7.80. The second-order valence-corrected chi connectivity index (χ2v) is 6.32. The van der Waals surface area contributed by atoms with Crippen molar-refractivity contribution in [1.29, 1.82) is 0 Å². The Hall–Kier alpha value is -3.52. The molecule has 0 fully saturated rings. The molecule has 2 aliphatic rings. The Morgan fingerprint density at radius 1 is 1.11 bits per heavy atom. The summed E-state index contributed by atoms with van der Waals surface area (Å²) in [5.74, 6) is -0.244. The molecule has 0 aliphatic heterocycles. The predicted octanol–water partition coefficient (Wildman–Crippen LogP) is 3.86. The van der Waals surface area contributed by atoms with Crippen LogP contribution in [-0.4, -0.2) is 16.0 Å². The molecule has 4 rings (SSSR count). The van der Waals surface area contributed by atoms with E-state index >= 15 is 0 Å². The number of carbonyl (C=O) groups is 1. The maximum absolute atomic E-state index is 14.2. The summed E-state index contributed by atoms with van der Waals surface area (Å²) in [6.45, 7) is 1.24. The van der Waals surface area contributed by atoms with Crippen molar-refractivity contribution in [3.63, 3.8) is 0 Å². The summed E-state index contributed by atoms with van der Waals surface area (Å²) >= 11 is 4.75. The van der Waals surface area contributed by atoms with Crippen LogP contribution < -0.4 is 21.1 Å². The van der Waals surface area contributed by atoms with Crippen LogP contribution in [-0.2, 0) is 4.79 Å². The second-order valence-electron chi connectivity index (χ2n) is 5.91. The van der Waals surface area contributed by atoms with Gasteiger partial charge in [-0.15, -0.1) is 0 Å². The average Bonchev–Trinajstić information content (AvgIpc) is 3.22. The van der Waals surface area contributed by atoms with Crippen LogP contribution in [0, 0.1) is 5.82 Å². The third-order valence-electron chi connectivity index (χ3n) is 3.80. The number of amides is 1. The van der Waals surface area contributed by atoms with Gasteiger partial charge in [0.1, 0.15) is 17.3 Å². The molecule has 4 N–H and O–H groups in total. The SMILES string of the molecule is CC(=O)N(C(N)=S)c1ccc(Oc2ccnc(N)c2)cc1F.c1cc2cc-2c1. The van der Waals surface area contributed by atoms with E-state index < -0.39 is 11.7 Å². The van der Waals surface area contributed by atoms with Crippen LogP contribution in [0.2, 0.25) is 0 Å². The van der Waals surface area contributed by atoms with Crippen LogP contribution in [0.5, 0.6) is 11.5 Å². The van der Waals surface area contributed by atoms with Crippen molar-refractivity contribution >= 4 is 34.7 Å². The van der Waals surface area contributed by atoms with E-state index in [9.17, 15) is 9.18 Å². The van der Waals surface area contributed by atoms with Gasteiger partial charge in [0.15, 0.2) is 10.9 Å². The number of anilines is 2. The first kappa shape index (κ1) is 19.2. The Bertz CT molecular complexity index is 1030. The molecule has 2 aromatic rings. The number of nitrogen functional groups attached to an aromatic ring is 1. The molecule has 142 valence electrons. The number of hydrogen-bond acceptors (Lipinski definition) is 5. The summed E-state index contributed by atoms with van der Waals surface area (Å²) in [4.78, 5) is 16.2. The van der Waals surface area contributed by atoms with Gasteiger partial charge in [0.25, 0.3) is 0 Å². The molecule has 2 aliphatic carbocycles. The summed E-state index contributed by atoms with van der Waals surface area (Å²) < 4.78 is 19.6. The Morgan fingerprint density at radius 2 is 1.79 bits per heavy atom.